The van der Waals surface area contributed by atoms with Crippen molar-refractivity contribution in [2.45, 2.75) is 19.3 Å². The third-order valence-corrected chi connectivity index (χ3v) is 5.31. The van der Waals surface area contributed by atoms with Gasteiger partial charge in [0.1, 0.15) is 0 Å². The van der Waals surface area contributed by atoms with Gasteiger partial charge in [-0.1, -0.05) is 18.2 Å². The number of nitrogens with two attached hydrogens (primary N) is 1. The molecule has 1 atom stereocenters. The van der Waals surface area contributed by atoms with E-state index in [1.54, 1.807) is 9.80 Å². The second kappa shape index (κ2) is 5.89. The maximum atomic E-state index is 12.7. The van der Waals surface area contributed by atoms with Crippen LogP contribution in [0, 0.1) is 5.92 Å². The van der Waals surface area contributed by atoms with Gasteiger partial charge in [-0.15, -0.1) is 0 Å². The smallest absolute Gasteiger partial charge is 0.324 e. The van der Waals surface area contributed by atoms with Crippen molar-refractivity contribution in [3.05, 3.63) is 29.8 Å². The number of amides is 2. The zero-order valence-corrected chi connectivity index (χ0v) is 13.3. The largest absolute Gasteiger partial charge is 0.324 e. The number of piperidine rings is 1. The van der Waals surface area contributed by atoms with Gasteiger partial charge in [-0.25, -0.2) is 18.4 Å². The molecule has 0 aliphatic carbocycles. The molecule has 3 rings (SSSR count). The van der Waals surface area contributed by atoms with Gasteiger partial charge in [-0.05, 0) is 36.8 Å². The number of likely N-dealkylation sites (tertiary alicyclic amines) is 1. The van der Waals surface area contributed by atoms with Gasteiger partial charge in [0, 0.05) is 25.3 Å². The fourth-order valence-corrected chi connectivity index (χ4v) is 4.34. The second-order valence-electron chi connectivity index (χ2n) is 6.10. The van der Waals surface area contributed by atoms with Gasteiger partial charge in [-0.2, -0.15) is 0 Å². The number of anilines is 1. The number of fused-ring (bicyclic) bond motifs is 1. The van der Waals surface area contributed by atoms with Crippen molar-refractivity contribution in [1.82, 2.24) is 4.90 Å². The Morgan fingerprint density at radius 3 is 2.82 bits per heavy atom. The zero-order valence-electron chi connectivity index (χ0n) is 12.4. The molecule has 2 aliphatic heterocycles. The van der Waals surface area contributed by atoms with E-state index in [4.69, 9.17) is 5.14 Å². The lowest BCUT2D eigenvalue weighted by atomic mass is 10.0. The molecule has 2 heterocycles. The number of para-hydroxylation sites is 1. The van der Waals surface area contributed by atoms with Crippen LogP contribution in [0.1, 0.15) is 18.4 Å². The van der Waals surface area contributed by atoms with Crippen LogP contribution in [-0.2, 0) is 16.4 Å². The van der Waals surface area contributed by atoms with Crippen LogP contribution in [0.25, 0.3) is 0 Å². The molecule has 1 aromatic carbocycles. The van der Waals surface area contributed by atoms with Crippen molar-refractivity contribution >= 4 is 21.7 Å². The monoisotopic (exact) mass is 323 g/mol. The van der Waals surface area contributed by atoms with Crippen LogP contribution >= 0.6 is 0 Å². The highest BCUT2D eigenvalue weighted by Crippen LogP contribution is 2.29. The zero-order chi connectivity index (χ0) is 15.7. The Labute approximate surface area is 130 Å². The first-order valence-electron chi connectivity index (χ1n) is 7.59. The first kappa shape index (κ1) is 15.3. The van der Waals surface area contributed by atoms with E-state index >= 15 is 0 Å². The first-order valence-corrected chi connectivity index (χ1v) is 9.30. The minimum atomic E-state index is -3.49. The minimum Gasteiger partial charge on any atom is -0.324 e. The molecule has 120 valence electrons. The summed E-state index contributed by atoms with van der Waals surface area (Å²) in [7, 11) is -3.49. The number of nitrogens with zero attached hydrogens (tertiary/aromatic N) is 2. The number of hydrogen-bond acceptors (Lipinski definition) is 3. The Hall–Kier alpha value is -1.60. The standard InChI is InChI=1S/C15H21N3O3S/c16-22(20,21)11-12-4-3-8-17(10-12)15(19)18-9-7-13-5-1-2-6-14(13)18/h1-2,5-6,12H,3-4,7-11H2,(H2,16,20,21). The first-order chi connectivity index (χ1) is 10.4. The fourth-order valence-electron chi connectivity index (χ4n) is 3.41. The van der Waals surface area contributed by atoms with Crippen LogP contribution in [0.5, 0.6) is 0 Å². The summed E-state index contributed by atoms with van der Waals surface area (Å²) in [5.74, 6) is -0.113. The number of rotatable bonds is 2. The van der Waals surface area contributed by atoms with Crippen molar-refractivity contribution < 1.29 is 13.2 Å². The molecule has 1 fully saturated rings. The third kappa shape index (κ3) is 3.25. The molecule has 0 aromatic heterocycles. The molecule has 1 saturated heterocycles. The van der Waals surface area contributed by atoms with E-state index in [0.717, 1.165) is 24.9 Å². The summed E-state index contributed by atoms with van der Waals surface area (Å²) in [5.41, 5.74) is 2.16. The lowest BCUT2D eigenvalue weighted by Gasteiger charge is -2.35. The van der Waals surface area contributed by atoms with Gasteiger partial charge in [0.2, 0.25) is 10.0 Å². The molecule has 22 heavy (non-hydrogen) atoms. The van der Waals surface area contributed by atoms with Gasteiger partial charge >= 0.3 is 6.03 Å². The van der Waals surface area contributed by atoms with Gasteiger partial charge < -0.3 is 4.90 Å². The molecular weight excluding hydrogens is 302 g/mol. The van der Waals surface area contributed by atoms with E-state index in [1.807, 2.05) is 24.3 Å². The topological polar surface area (TPSA) is 83.7 Å². The van der Waals surface area contributed by atoms with Crippen LogP contribution in [0.4, 0.5) is 10.5 Å². The summed E-state index contributed by atoms with van der Waals surface area (Å²) in [5, 5.41) is 5.13. The van der Waals surface area contributed by atoms with E-state index in [9.17, 15) is 13.2 Å². The molecule has 6 nitrogen and oxygen atoms in total. The van der Waals surface area contributed by atoms with E-state index in [0.29, 0.717) is 19.6 Å². The molecule has 7 heteroatoms. The van der Waals surface area contributed by atoms with Crippen molar-refractivity contribution in [2.24, 2.45) is 11.1 Å². The van der Waals surface area contributed by atoms with Crippen molar-refractivity contribution in [3.8, 4) is 0 Å². The molecule has 0 saturated carbocycles. The van der Waals surface area contributed by atoms with E-state index in [-0.39, 0.29) is 17.7 Å². The van der Waals surface area contributed by atoms with E-state index in [2.05, 4.69) is 0 Å². The van der Waals surface area contributed by atoms with Crippen LogP contribution < -0.4 is 10.0 Å². The number of hydrogen-bond donors (Lipinski definition) is 1. The molecule has 0 bridgehead atoms. The SMILES string of the molecule is NS(=O)(=O)CC1CCCN(C(=O)N2CCc3ccccc32)C1. The molecule has 2 N–H and O–H groups in total. The molecule has 1 unspecified atom stereocenters. The number of benzene rings is 1. The molecule has 1 aromatic rings. The Bertz CT molecular complexity index is 674. The third-order valence-electron chi connectivity index (χ3n) is 4.38. The number of sulfonamides is 1. The average Bonchev–Trinajstić information content (AvgIpc) is 2.89. The van der Waals surface area contributed by atoms with Crippen molar-refractivity contribution in [1.29, 1.82) is 0 Å². The maximum Gasteiger partial charge on any atom is 0.324 e. The van der Waals surface area contributed by atoms with Crippen molar-refractivity contribution in [2.75, 3.05) is 30.3 Å². The number of urea groups is 1. The molecule has 0 spiro atoms. The highest BCUT2D eigenvalue weighted by atomic mass is 32.2. The quantitative estimate of drug-likeness (QED) is 0.886. The summed E-state index contributed by atoms with van der Waals surface area (Å²) in [6.07, 6.45) is 2.49. The maximum absolute atomic E-state index is 12.7. The van der Waals surface area contributed by atoms with E-state index in [1.165, 1.54) is 5.56 Å². The number of carbonyl (C=O) groups is 1. The van der Waals surface area contributed by atoms with Crippen LogP contribution in [-0.4, -0.2) is 44.7 Å². The Morgan fingerprint density at radius 2 is 2.05 bits per heavy atom. The lowest BCUT2D eigenvalue weighted by Crippen LogP contribution is -2.48. The predicted octanol–water partition coefficient (Wildman–Crippen LogP) is 1.17. The summed E-state index contributed by atoms with van der Waals surface area (Å²) >= 11 is 0. The van der Waals surface area contributed by atoms with Gasteiger partial charge in [0.25, 0.3) is 0 Å². The van der Waals surface area contributed by atoms with Gasteiger partial charge in [0.15, 0.2) is 0 Å². The van der Waals surface area contributed by atoms with Crippen LogP contribution in [0.2, 0.25) is 0 Å². The van der Waals surface area contributed by atoms with Crippen LogP contribution in [0.15, 0.2) is 24.3 Å². The Morgan fingerprint density at radius 1 is 1.27 bits per heavy atom. The van der Waals surface area contributed by atoms with Crippen molar-refractivity contribution in [3.63, 3.8) is 0 Å². The molecule has 0 radical (unpaired) electrons. The summed E-state index contributed by atoms with van der Waals surface area (Å²) in [6.45, 7) is 1.83. The minimum absolute atomic E-state index is 0.0240. The summed E-state index contributed by atoms with van der Waals surface area (Å²) in [4.78, 5) is 16.3. The van der Waals surface area contributed by atoms with E-state index < -0.39 is 10.0 Å². The average molecular weight is 323 g/mol. The number of carbonyl (C=O) groups excluding carboxylic acids is 1. The highest BCUT2D eigenvalue weighted by molar-refractivity contribution is 7.89. The predicted molar refractivity (Wildman–Crippen MR) is 85.2 cm³/mol. The van der Waals surface area contributed by atoms with Crippen LogP contribution in [0.3, 0.4) is 0 Å². The molecule has 2 amide bonds. The summed E-state index contributed by atoms with van der Waals surface area (Å²) in [6, 6.07) is 7.90. The lowest BCUT2D eigenvalue weighted by molar-refractivity contribution is 0.177. The van der Waals surface area contributed by atoms with Gasteiger partial charge in [0.05, 0.1) is 5.75 Å². The molecule has 2 aliphatic rings. The second-order valence-corrected chi connectivity index (χ2v) is 7.76. The molecular formula is C15H21N3O3S. The summed E-state index contributed by atoms with van der Waals surface area (Å²) < 4.78 is 22.5. The Kier molecular flexibility index (Phi) is 4.10. The fraction of sp³-hybridized carbons (Fsp3) is 0.533. The van der Waals surface area contributed by atoms with Gasteiger partial charge in [-0.3, -0.25) is 4.90 Å². The highest BCUT2D eigenvalue weighted by Gasteiger charge is 2.32. The normalized spacial score (nSPS) is 21.8. The Balaban J connectivity index is 1.70. The number of primary sulfonamides is 1.